The lowest BCUT2D eigenvalue weighted by molar-refractivity contribution is -0.148. The number of cyclic esters (lactones) is 1. The third-order valence-electron chi connectivity index (χ3n) is 1.57. The minimum absolute atomic E-state index is 0.206. The van der Waals surface area contributed by atoms with Crippen molar-refractivity contribution >= 4 is 23.5 Å². The van der Waals surface area contributed by atoms with Gasteiger partial charge in [0.2, 0.25) is 5.76 Å². The summed E-state index contributed by atoms with van der Waals surface area (Å²) in [6, 6.07) is 0. The topological polar surface area (TPSA) is 101 Å². The van der Waals surface area contributed by atoms with Crippen LogP contribution in [0.5, 0.6) is 0 Å². The van der Waals surface area contributed by atoms with E-state index in [-0.39, 0.29) is 5.76 Å². The third-order valence-corrected chi connectivity index (χ3v) is 1.57. The van der Waals surface area contributed by atoms with Gasteiger partial charge >= 0.3 is 11.9 Å². The number of rotatable bonds is 4. The Morgan fingerprint density at radius 2 is 1.93 bits per heavy atom. The fraction of sp³-hybridized carbons (Fsp3) is 0.250. The Kier molecular flexibility index (Phi) is 2.46. The van der Waals surface area contributed by atoms with Gasteiger partial charge in [-0.25, -0.2) is 4.79 Å². The van der Waals surface area contributed by atoms with Gasteiger partial charge in [0.15, 0.2) is 17.5 Å². The molecule has 74 valence electrons. The van der Waals surface area contributed by atoms with Crippen molar-refractivity contribution in [2.24, 2.45) is 5.92 Å². The largest absolute Gasteiger partial charge is 0.480 e. The van der Waals surface area contributed by atoms with Crippen LogP contribution in [0.2, 0.25) is 0 Å². The molecule has 0 aliphatic carbocycles. The molecule has 1 heterocycles. The van der Waals surface area contributed by atoms with Gasteiger partial charge in [-0.1, -0.05) is 0 Å². The predicted octanol–water partition coefficient (Wildman–Crippen LogP) is -0.714. The molecule has 0 spiro atoms. The molecule has 1 aliphatic heterocycles. The van der Waals surface area contributed by atoms with Crippen LogP contribution in [0.4, 0.5) is 0 Å². The number of hydrogen-bond donors (Lipinski definition) is 1. The van der Waals surface area contributed by atoms with Crippen LogP contribution in [0.15, 0.2) is 11.8 Å². The maximum atomic E-state index is 11.1. The number of carbonyl (C=O) groups excluding carboxylic acids is 3. The Balaban J connectivity index is 2.80. The van der Waals surface area contributed by atoms with Crippen molar-refractivity contribution < 1.29 is 29.0 Å². The number of carboxylic acid groups (broad SMARTS) is 1. The van der Waals surface area contributed by atoms with E-state index >= 15 is 0 Å². The summed E-state index contributed by atoms with van der Waals surface area (Å²) in [6.45, 7) is 0.991. The van der Waals surface area contributed by atoms with Gasteiger partial charge in [0.1, 0.15) is 0 Å². The number of aliphatic carboxylic acids is 1. The van der Waals surface area contributed by atoms with Crippen molar-refractivity contribution in [3.63, 3.8) is 0 Å². The first-order valence-electron chi connectivity index (χ1n) is 3.64. The zero-order valence-corrected chi connectivity index (χ0v) is 7.14. The second-order valence-electron chi connectivity index (χ2n) is 2.68. The first-order valence-corrected chi connectivity index (χ1v) is 3.64. The fourth-order valence-electron chi connectivity index (χ4n) is 0.871. The van der Waals surface area contributed by atoms with E-state index in [1.54, 1.807) is 0 Å². The molecule has 0 saturated carbocycles. The van der Waals surface area contributed by atoms with E-state index in [0.29, 0.717) is 0 Å². The molecule has 1 aliphatic rings. The van der Waals surface area contributed by atoms with E-state index in [1.807, 2.05) is 0 Å². The van der Waals surface area contributed by atoms with Crippen molar-refractivity contribution in [2.75, 3.05) is 0 Å². The Morgan fingerprint density at radius 1 is 1.43 bits per heavy atom. The lowest BCUT2D eigenvalue weighted by Crippen LogP contribution is -2.28. The summed E-state index contributed by atoms with van der Waals surface area (Å²) in [5.41, 5.74) is 0. The van der Waals surface area contributed by atoms with E-state index in [0.717, 1.165) is 13.0 Å². The highest BCUT2D eigenvalue weighted by atomic mass is 16.6. The number of carboxylic acids is 1. The minimum atomic E-state index is -1.75. The second-order valence-corrected chi connectivity index (χ2v) is 2.68. The van der Waals surface area contributed by atoms with Crippen LogP contribution in [0, 0.1) is 5.92 Å². The zero-order valence-electron chi connectivity index (χ0n) is 7.14. The molecule has 0 amide bonds. The van der Waals surface area contributed by atoms with Crippen molar-refractivity contribution in [1.82, 2.24) is 0 Å². The Labute approximate surface area is 78.2 Å². The smallest absolute Gasteiger partial charge is 0.380 e. The Hall–Kier alpha value is -1.98. The van der Waals surface area contributed by atoms with Crippen LogP contribution < -0.4 is 0 Å². The first kappa shape index (κ1) is 10.1. The highest BCUT2D eigenvalue weighted by Crippen LogP contribution is 2.18. The molecule has 1 N–H and O–H groups in total. The number of ether oxygens (including phenoxy) is 1. The van der Waals surface area contributed by atoms with E-state index in [2.05, 4.69) is 4.74 Å². The van der Waals surface area contributed by atoms with Gasteiger partial charge in [0.05, 0.1) is 0 Å². The maximum Gasteiger partial charge on any atom is 0.380 e. The molecule has 6 nitrogen and oxygen atoms in total. The molecule has 0 radical (unpaired) electrons. The van der Waals surface area contributed by atoms with Gasteiger partial charge in [-0.2, -0.15) is 0 Å². The number of allylic oxidation sites excluding steroid dienone is 1. The molecule has 1 unspecified atom stereocenters. The maximum absolute atomic E-state index is 11.1. The second kappa shape index (κ2) is 3.41. The minimum Gasteiger partial charge on any atom is -0.480 e. The standard InChI is InChI=1S/C8H6O6/c1-3(9)6(7(11)12)4(10)2-5-8(13)14-5/h2,6H,1H3,(H,11,12)/b5-2-. The SMILES string of the molecule is CC(=O)C(C(=O)O)C(=O)/C=C1\OC1=O. The molecule has 14 heavy (non-hydrogen) atoms. The molecule has 0 aromatic carbocycles. The van der Waals surface area contributed by atoms with Gasteiger partial charge in [-0.05, 0) is 6.92 Å². The van der Waals surface area contributed by atoms with Crippen LogP contribution in [0.25, 0.3) is 0 Å². The van der Waals surface area contributed by atoms with Crippen molar-refractivity contribution in [2.45, 2.75) is 6.92 Å². The number of carbonyl (C=O) groups is 4. The van der Waals surface area contributed by atoms with Gasteiger partial charge in [0, 0.05) is 6.08 Å². The summed E-state index contributed by atoms with van der Waals surface area (Å²) >= 11 is 0. The molecular formula is C8H6O6. The zero-order chi connectivity index (χ0) is 10.9. The quantitative estimate of drug-likeness (QED) is 0.363. The van der Waals surface area contributed by atoms with E-state index in [4.69, 9.17) is 5.11 Å². The molecule has 1 saturated heterocycles. The monoisotopic (exact) mass is 198 g/mol. The summed E-state index contributed by atoms with van der Waals surface area (Å²) in [5.74, 6) is -5.90. The Bertz CT molecular complexity index is 350. The molecular weight excluding hydrogens is 192 g/mol. The van der Waals surface area contributed by atoms with Gasteiger partial charge in [0.25, 0.3) is 0 Å². The number of Topliss-reactive ketones (excluding diaryl/α,β-unsaturated/α-hetero) is 1. The van der Waals surface area contributed by atoms with E-state index in [1.165, 1.54) is 0 Å². The summed E-state index contributed by atoms with van der Waals surface area (Å²) in [5, 5.41) is 8.52. The van der Waals surface area contributed by atoms with Gasteiger partial charge in [-0.3, -0.25) is 14.4 Å². The van der Waals surface area contributed by atoms with Crippen molar-refractivity contribution in [1.29, 1.82) is 0 Å². The van der Waals surface area contributed by atoms with Crippen LogP contribution in [0.3, 0.4) is 0 Å². The summed E-state index contributed by atoms with van der Waals surface area (Å²) in [4.78, 5) is 42.6. The predicted molar refractivity (Wildman–Crippen MR) is 41.0 cm³/mol. The van der Waals surface area contributed by atoms with E-state index < -0.39 is 29.4 Å². The van der Waals surface area contributed by atoms with Gasteiger partial charge in [-0.15, -0.1) is 0 Å². The molecule has 1 rings (SSSR count). The van der Waals surface area contributed by atoms with Crippen LogP contribution >= 0.6 is 0 Å². The number of ketones is 2. The van der Waals surface area contributed by atoms with Crippen molar-refractivity contribution in [3.8, 4) is 0 Å². The lowest BCUT2D eigenvalue weighted by Gasteiger charge is -2.01. The molecule has 0 aromatic heterocycles. The normalized spacial score (nSPS) is 18.6. The lowest BCUT2D eigenvalue weighted by atomic mass is 10.00. The van der Waals surface area contributed by atoms with E-state index in [9.17, 15) is 19.2 Å². The average molecular weight is 198 g/mol. The molecule has 0 bridgehead atoms. The fourth-order valence-corrected chi connectivity index (χ4v) is 0.871. The third kappa shape index (κ3) is 2.03. The van der Waals surface area contributed by atoms with Crippen LogP contribution in [-0.4, -0.2) is 28.6 Å². The first-order chi connectivity index (χ1) is 6.43. The molecule has 6 heteroatoms. The number of hydrogen-bond acceptors (Lipinski definition) is 5. The summed E-state index contributed by atoms with van der Waals surface area (Å²) in [7, 11) is 0. The Morgan fingerprint density at radius 3 is 2.21 bits per heavy atom. The summed E-state index contributed by atoms with van der Waals surface area (Å²) < 4.78 is 4.19. The van der Waals surface area contributed by atoms with Crippen molar-refractivity contribution in [3.05, 3.63) is 11.8 Å². The van der Waals surface area contributed by atoms with Crippen LogP contribution in [0.1, 0.15) is 6.92 Å². The summed E-state index contributed by atoms with van der Waals surface area (Å²) in [6.07, 6.45) is 0.725. The number of epoxide rings is 1. The molecule has 1 fully saturated rings. The average Bonchev–Trinajstić information content (AvgIpc) is 2.63. The molecule has 0 aromatic rings. The highest BCUT2D eigenvalue weighted by Gasteiger charge is 2.36. The van der Waals surface area contributed by atoms with Crippen LogP contribution in [-0.2, 0) is 23.9 Å². The van der Waals surface area contributed by atoms with Gasteiger partial charge < -0.3 is 9.84 Å². The molecule has 1 atom stereocenters. The highest BCUT2D eigenvalue weighted by molar-refractivity contribution is 6.21.